The number of methoxy groups -OCH3 is 1. The molecule has 0 atom stereocenters. The SMILES string of the molecule is CNc1cc(C(=O)NCCCCOC)c([N+](=O)[O-])cn1. The first-order chi connectivity index (χ1) is 9.60. The van der Waals surface area contributed by atoms with Crippen molar-refractivity contribution in [1.82, 2.24) is 10.3 Å². The number of ether oxygens (including phenoxy) is 1. The molecule has 2 N–H and O–H groups in total. The molecule has 0 spiro atoms. The molecule has 0 unspecified atom stereocenters. The Kier molecular flexibility index (Phi) is 6.38. The Morgan fingerprint density at radius 1 is 1.50 bits per heavy atom. The zero-order valence-electron chi connectivity index (χ0n) is 11.5. The summed E-state index contributed by atoms with van der Waals surface area (Å²) in [5.74, 6) is -0.0758. The topological polar surface area (TPSA) is 106 Å². The van der Waals surface area contributed by atoms with Gasteiger partial charge < -0.3 is 15.4 Å². The first-order valence-electron chi connectivity index (χ1n) is 6.19. The van der Waals surface area contributed by atoms with E-state index in [2.05, 4.69) is 15.6 Å². The van der Waals surface area contributed by atoms with Crippen LogP contribution in [0, 0.1) is 10.1 Å². The second kappa shape index (κ2) is 8.05. The van der Waals surface area contributed by atoms with Gasteiger partial charge >= 0.3 is 0 Å². The van der Waals surface area contributed by atoms with Crippen molar-refractivity contribution in [3.8, 4) is 0 Å². The van der Waals surface area contributed by atoms with E-state index in [0.717, 1.165) is 19.0 Å². The molecule has 1 rings (SSSR count). The number of carbonyl (C=O) groups is 1. The van der Waals surface area contributed by atoms with Crippen LogP contribution in [0.25, 0.3) is 0 Å². The zero-order chi connectivity index (χ0) is 15.0. The lowest BCUT2D eigenvalue weighted by atomic mass is 10.2. The van der Waals surface area contributed by atoms with Crippen LogP contribution in [-0.4, -0.2) is 43.1 Å². The van der Waals surface area contributed by atoms with Gasteiger partial charge in [0.05, 0.1) is 4.92 Å². The number of unbranched alkanes of at least 4 members (excludes halogenated alkanes) is 1. The van der Waals surface area contributed by atoms with E-state index in [9.17, 15) is 14.9 Å². The summed E-state index contributed by atoms with van der Waals surface area (Å²) in [5, 5.41) is 16.3. The molecule has 1 amide bonds. The minimum atomic E-state index is -0.619. The number of pyridine rings is 1. The van der Waals surface area contributed by atoms with Crippen LogP contribution in [-0.2, 0) is 4.74 Å². The fourth-order valence-electron chi connectivity index (χ4n) is 1.58. The van der Waals surface area contributed by atoms with Gasteiger partial charge in [0.25, 0.3) is 11.6 Å². The molecule has 0 aromatic carbocycles. The summed E-state index contributed by atoms with van der Waals surface area (Å²) in [7, 11) is 3.23. The molecule has 1 aromatic heterocycles. The van der Waals surface area contributed by atoms with E-state index in [4.69, 9.17) is 4.74 Å². The van der Waals surface area contributed by atoms with Crippen molar-refractivity contribution in [3.05, 3.63) is 27.9 Å². The van der Waals surface area contributed by atoms with Crippen molar-refractivity contribution in [2.45, 2.75) is 12.8 Å². The molecule has 0 saturated heterocycles. The van der Waals surface area contributed by atoms with Crippen LogP contribution >= 0.6 is 0 Å². The molecular weight excluding hydrogens is 264 g/mol. The normalized spacial score (nSPS) is 10.1. The van der Waals surface area contributed by atoms with E-state index in [1.165, 1.54) is 6.07 Å². The maximum atomic E-state index is 12.0. The molecule has 110 valence electrons. The molecule has 0 aliphatic heterocycles. The number of hydrogen-bond acceptors (Lipinski definition) is 6. The number of carbonyl (C=O) groups excluding carboxylic acids is 1. The molecule has 0 bridgehead atoms. The van der Waals surface area contributed by atoms with Crippen molar-refractivity contribution >= 4 is 17.4 Å². The zero-order valence-corrected chi connectivity index (χ0v) is 11.5. The monoisotopic (exact) mass is 282 g/mol. The minimum Gasteiger partial charge on any atom is -0.385 e. The molecule has 0 radical (unpaired) electrons. The molecule has 0 aliphatic rings. The lowest BCUT2D eigenvalue weighted by Gasteiger charge is -2.07. The van der Waals surface area contributed by atoms with Crippen LogP contribution in [0.5, 0.6) is 0 Å². The van der Waals surface area contributed by atoms with Crippen molar-refractivity contribution in [3.63, 3.8) is 0 Å². The molecule has 20 heavy (non-hydrogen) atoms. The summed E-state index contributed by atoms with van der Waals surface area (Å²) in [6.45, 7) is 1.06. The van der Waals surface area contributed by atoms with Crippen LogP contribution in [0.2, 0.25) is 0 Å². The Balaban J connectivity index is 2.72. The molecule has 0 fully saturated rings. The third-order valence-electron chi connectivity index (χ3n) is 2.64. The number of amides is 1. The fraction of sp³-hybridized carbons (Fsp3) is 0.500. The summed E-state index contributed by atoms with van der Waals surface area (Å²) in [5.41, 5.74) is -0.306. The predicted octanol–water partition coefficient (Wildman–Crippen LogP) is 1.19. The van der Waals surface area contributed by atoms with Crippen LogP contribution in [0.15, 0.2) is 12.3 Å². The standard InChI is InChI=1S/C12H18N4O4/c1-13-11-7-9(10(8-15-11)16(18)19)12(17)14-5-3-4-6-20-2/h7-8H,3-6H2,1-2H3,(H,13,15)(H,14,17). The third-order valence-corrected chi connectivity index (χ3v) is 2.64. The Hall–Kier alpha value is -2.22. The highest BCUT2D eigenvalue weighted by Crippen LogP contribution is 2.19. The summed E-state index contributed by atoms with van der Waals surface area (Å²) in [6.07, 6.45) is 2.64. The van der Waals surface area contributed by atoms with Crippen molar-refractivity contribution in [2.24, 2.45) is 0 Å². The van der Waals surface area contributed by atoms with Gasteiger partial charge in [0.2, 0.25) is 0 Å². The van der Waals surface area contributed by atoms with Gasteiger partial charge in [0.1, 0.15) is 17.6 Å². The number of rotatable bonds is 8. The van der Waals surface area contributed by atoms with Crippen LogP contribution in [0.1, 0.15) is 23.2 Å². The van der Waals surface area contributed by atoms with Gasteiger partial charge in [-0.1, -0.05) is 0 Å². The third kappa shape index (κ3) is 4.47. The van der Waals surface area contributed by atoms with Gasteiger partial charge in [-0.15, -0.1) is 0 Å². The molecule has 8 nitrogen and oxygen atoms in total. The van der Waals surface area contributed by atoms with E-state index in [-0.39, 0.29) is 11.3 Å². The number of nitro groups is 1. The predicted molar refractivity (Wildman–Crippen MR) is 73.9 cm³/mol. The van der Waals surface area contributed by atoms with E-state index in [1.54, 1.807) is 14.2 Å². The van der Waals surface area contributed by atoms with Gasteiger partial charge in [0.15, 0.2) is 0 Å². The van der Waals surface area contributed by atoms with E-state index in [1.807, 2.05) is 0 Å². The smallest absolute Gasteiger partial charge is 0.300 e. The van der Waals surface area contributed by atoms with Crippen LogP contribution < -0.4 is 10.6 Å². The number of hydrogen-bond donors (Lipinski definition) is 2. The summed E-state index contributed by atoms with van der Waals surface area (Å²) >= 11 is 0. The second-order valence-electron chi connectivity index (χ2n) is 4.05. The van der Waals surface area contributed by atoms with Gasteiger partial charge in [0, 0.05) is 33.4 Å². The second-order valence-corrected chi connectivity index (χ2v) is 4.05. The maximum Gasteiger partial charge on any atom is 0.300 e. The van der Waals surface area contributed by atoms with E-state index >= 15 is 0 Å². The maximum absolute atomic E-state index is 12.0. The van der Waals surface area contributed by atoms with Gasteiger partial charge in [-0.25, -0.2) is 4.98 Å². The van der Waals surface area contributed by atoms with Crippen LogP contribution in [0.3, 0.4) is 0 Å². The number of nitrogens with one attached hydrogen (secondary N) is 2. The molecule has 0 saturated carbocycles. The van der Waals surface area contributed by atoms with E-state index in [0.29, 0.717) is 19.0 Å². The van der Waals surface area contributed by atoms with Gasteiger partial charge in [-0.2, -0.15) is 0 Å². The van der Waals surface area contributed by atoms with Crippen LogP contribution in [0.4, 0.5) is 11.5 Å². The highest BCUT2D eigenvalue weighted by Gasteiger charge is 2.21. The van der Waals surface area contributed by atoms with Crippen molar-refractivity contribution < 1.29 is 14.5 Å². The van der Waals surface area contributed by atoms with Crippen molar-refractivity contribution in [2.75, 3.05) is 32.6 Å². The summed E-state index contributed by atoms with van der Waals surface area (Å²) in [4.78, 5) is 26.1. The van der Waals surface area contributed by atoms with Gasteiger partial charge in [-0.05, 0) is 12.8 Å². The molecule has 0 aliphatic carbocycles. The Bertz CT molecular complexity index is 479. The highest BCUT2D eigenvalue weighted by molar-refractivity contribution is 5.98. The first kappa shape index (κ1) is 15.8. The molecule has 1 aromatic rings. The lowest BCUT2D eigenvalue weighted by Crippen LogP contribution is -2.25. The lowest BCUT2D eigenvalue weighted by molar-refractivity contribution is -0.385. The number of nitrogens with zero attached hydrogens (tertiary/aromatic N) is 2. The largest absolute Gasteiger partial charge is 0.385 e. The first-order valence-corrected chi connectivity index (χ1v) is 6.19. The molecule has 8 heteroatoms. The average Bonchev–Trinajstić information content (AvgIpc) is 2.46. The van der Waals surface area contributed by atoms with Gasteiger partial charge in [-0.3, -0.25) is 14.9 Å². The molecular formula is C12H18N4O4. The number of aromatic nitrogens is 1. The summed E-state index contributed by atoms with van der Waals surface area (Å²) in [6, 6.07) is 1.36. The summed E-state index contributed by atoms with van der Waals surface area (Å²) < 4.78 is 4.90. The Morgan fingerprint density at radius 2 is 2.25 bits per heavy atom. The Morgan fingerprint density at radius 3 is 2.85 bits per heavy atom. The highest BCUT2D eigenvalue weighted by atomic mass is 16.6. The minimum absolute atomic E-state index is 0.00101. The average molecular weight is 282 g/mol. The number of anilines is 1. The quantitative estimate of drug-likeness (QED) is 0.421. The fourth-order valence-corrected chi connectivity index (χ4v) is 1.58. The Labute approximate surface area is 116 Å². The van der Waals surface area contributed by atoms with Crippen molar-refractivity contribution in [1.29, 1.82) is 0 Å². The molecule has 1 heterocycles. The van der Waals surface area contributed by atoms with E-state index < -0.39 is 10.8 Å².